The molecule has 204 valence electrons. The molecular formula is C31H28ClFN4O3. The lowest BCUT2D eigenvalue weighted by molar-refractivity contribution is -0.0395. The second kappa shape index (κ2) is 13.2. The molecule has 0 radical (unpaired) electrons. The second-order valence-electron chi connectivity index (χ2n) is 9.24. The minimum absolute atomic E-state index is 0.0547. The van der Waals surface area contributed by atoms with Gasteiger partial charge < -0.3 is 19.6 Å². The Bertz CT molecular complexity index is 1580. The smallest absolute Gasteiger partial charge is 0.159 e. The van der Waals surface area contributed by atoms with Crippen molar-refractivity contribution in [2.45, 2.75) is 38.9 Å². The number of aromatic nitrogens is 2. The molecule has 5 rings (SSSR count). The van der Waals surface area contributed by atoms with Gasteiger partial charge in [-0.3, -0.25) is 0 Å². The van der Waals surface area contributed by atoms with Crippen LogP contribution in [0.15, 0.2) is 72.1 Å². The summed E-state index contributed by atoms with van der Waals surface area (Å²) in [6.45, 7) is 3.11. The summed E-state index contributed by atoms with van der Waals surface area (Å²) in [4.78, 5) is 14.5. The molecule has 40 heavy (non-hydrogen) atoms. The molecule has 2 heterocycles. The van der Waals surface area contributed by atoms with Crippen LogP contribution < -0.4 is 10.1 Å². The molecular weight excluding hydrogens is 531 g/mol. The predicted molar refractivity (Wildman–Crippen MR) is 155 cm³/mol. The predicted octanol–water partition coefficient (Wildman–Crippen LogP) is 7.06. The van der Waals surface area contributed by atoms with E-state index in [1.165, 1.54) is 18.5 Å². The van der Waals surface area contributed by atoms with Gasteiger partial charge in [-0.05, 0) is 86.2 Å². The number of hydrogen-bond acceptors (Lipinski definition) is 7. The van der Waals surface area contributed by atoms with Crippen molar-refractivity contribution in [3.8, 4) is 17.6 Å². The summed E-state index contributed by atoms with van der Waals surface area (Å²) >= 11 is 6.49. The fourth-order valence-electron chi connectivity index (χ4n) is 4.31. The van der Waals surface area contributed by atoms with E-state index >= 15 is 0 Å². The fraction of sp³-hybridized carbons (Fsp3) is 0.258. The summed E-state index contributed by atoms with van der Waals surface area (Å²) in [7, 11) is 0. The van der Waals surface area contributed by atoms with Crippen LogP contribution in [-0.4, -0.2) is 35.0 Å². The lowest BCUT2D eigenvalue weighted by Crippen LogP contribution is -2.23. The Morgan fingerprint density at radius 3 is 2.88 bits per heavy atom. The maximum Gasteiger partial charge on any atom is 0.159 e. The Morgan fingerprint density at radius 1 is 1.15 bits per heavy atom. The number of rotatable bonds is 9. The van der Waals surface area contributed by atoms with Crippen molar-refractivity contribution in [1.29, 1.82) is 0 Å². The molecule has 1 atom stereocenters. The summed E-state index contributed by atoms with van der Waals surface area (Å²) in [6.07, 6.45) is 4.74. The average Bonchev–Trinajstić information content (AvgIpc) is 2.97. The van der Waals surface area contributed by atoms with Gasteiger partial charge in [-0.25, -0.2) is 14.4 Å². The molecule has 0 saturated carbocycles. The van der Waals surface area contributed by atoms with E-state index in [1.54, 1.807) is 31.2 Å². The SMILES string of the molecule is CC#C/C(=N\OC[C@@H]1CCCCO1)c1ccc2ncnc(Nc3ccc(OCc4cccc(F)c4)c(Cl)c3)c2c1. The molecule has 1 aromatic heterocycles. The lowest BCUT2D eigenvalue weighted by Gasteiger charge is -2.21. The zero-order valence-electron chi connectivity index (χ0n) is 22.0. The van der Waals surface area contributed by atoms with Crippen LogP contribution in [-0.2, 0) is 16.2 Å². The topological polar surface area (TPSA) is 77.9 Å². The van der Waals surface area contributed by atoms with E-state index in [4.69, 9.17) is 25.9 Å². The highest BCUT2D eigenvalue weighted by Crippen LogP contribution is 2.31. The zero-order valence-corrected chi connectivity index (χ0v) is 22.7. The molecule has 1 aliphatic rings. The first-order valence-electron chi connectivity index (χ1n) is 13.0. The summed E-state index contributed by atoms with van der Waals surface area (Å²) in [5, 5.41) is 8.82. The van der Waals surface area contributed by atoms with Crippen LogP contribution in [0.4, 0.5) is 15.9 Å². The molecule has 0 aliphatic carbocycles. The standard InChI is InChI=1S/C31H28ClFN4O3/c1-2-6-28(37-40-19-25-9-3-4-14-38-25)22-10-12-29-26(16-22)31(35-20-34-29)36-24-11-13-30(27(32)17-24)39-18-21-7-5-8-23(33)15-21/h5,7-8,10-13,15-17,20,25H,3-4,9,14,18-19H2,1H3,(H,34,35,36)/b37-28+/t25-/m0/s1. The molecule has 4 aromatic rings. The normalized spacial score (nSPS) is 15.3. The summed E-state index contributed by atoms with van der Waals surface area (Å²) < 4.78 is 25.0. The molecule has 1 saturated heterocycles. The first-order chi connectivity index (χ1) is 19.6. The van der Waals surface area contributed by atoms with E-state index in [0.717, 1.165) is 42.3 Å². The lowest BCUT2D eigenvalue weighted by atomic mass is 10.1. The van der Waals surface area contributed by atoms with Crippen LogP contribution in [0.25, 0.3) is 10.9 Å². The Hall–Kier alpha value is -4.19. The molecule has 0 unspecified atom stereocenters. The quantitative estimate of drug-likeness (QED) is 0.135. The minimum atomic E-state index is -0.311. The van der Waals surface area contributed by atoms with Crippen molar-refractivity contribution < 1.29 is 18.7 Å². The number of anilines is 2. The van der Waals surface area contributed by atoms with Gasteiger partial charge in [-0.2, -0.15) is 0 Å². The molecule has 0 spiro atoms. The van der Waals surface area contributed by atoms with Gasteiger partial charge in [0.2, 0.25) is 0 Å². The van der Waals surface area contributed by atoms with E-state index < -0.39 is 0 Å². The Kier molecular flexibility index (Phi) is 9.07. The number of benzene rings is 3. The van der Waals surface area contributed by atoms with Gasteiger partial charge in [-0.15, -0.1) is 0 Å². The first kappa shape index (κ1) is 27.4. The molecule has 0 amide bonds. The number of nitrogens with zero attached hydrogens (tertiary/aromatic N) is 3. The van der Waals surface area contributed by atoms with Crippen molar-refractivity contribution in [2.24, 2.45) is 5.16 Å². The molecule has 0 bridgehead atoms. The van der Waals surface area contributed by atoms with Gasteiger partial charge >= 0.3 is 0 Å². The third-order valence-electron chi connectivity index (χ3n) is 6.32. The minimum Gasteiger partial charge on any atom is -0.487 e. The van der Waals surface area contributed by atoms with Crippen molar-refractivity contribution in [3.63, 3.8) is 0 Å². The number of hydrogen-bond donors (Lipinski definition) is 1. The molecule has 1 N–H and O–H groups in total. The van der Waals surface area contributed by atoms with Crippen molar-refractivity contribution in [3.05, 3.63) is 89.0 Å². The monoisotopic (exact) mass is 558 g/mol. The van der Waals surface area contributed by atoms with Crippen LogP contribution in [0.1, 0.15) is 37.3 Å². The Labute approximate surface area is 237 Å². The van der Waals surface area contributed by atoms with Gasteiger partial charge in [0.25, 0.3) is 0 Å². The molecule has 1 aliphatic heterocycles. The molecule has 9 heteroatoms. The van der Waals surface area contributed by atoms with E-state index in [9.17, 15) is 4.39 Å². The summed E-state index contributed by atoms with van der Waals surface area (Å²) in [5.74, 6) is 6.71. The first-order valence-corrected chi connectivity index (χ1v) is 13.4. The highest BCUT2D eigenvalue weighted by molar-refractivity contribution is 6.32. The average molecular weight is 559 g/mol. The summed E-state index contributed by atoms with van der Waals surface area (Å²) in [6, 6.07) is 17.3. The van der Waals surface area contributed by atoms with Gasteiger partial charge in [0.05, 0.1) is 16.6 Å². The Balaban J connectivity index is 1.33. The highest BCUT2D eigenvalue weighted by atomic mass is 35.5. The number of halogens is 2. The van der Waals surface area contributed by atoms with Crippen molar-refractivity contribution >= 4 is 39.7 Å². The molecule has 1 fully saturated rings. The van der Waals surface area contributed by atoms with Gasteiger partial charge in [0.1, 0.15) is 36.9 Å². The van der Waals surface area contributed by atoms with Crippen LogP contribution >= 0.6 is 11.6 Å². The molecule has 7 nitrogen and oxygen atoms in total. The van der Waals surface area contributed by atoms with Gasteiger partial charge in [0, 0.05) is 23.2 Å². The highest BCUT2D eigenvalue weighted by Gasteiger charge is 2.15. The van der Waals surface area contributed by atoms with Crippen LogP contribution in [0.3, 0.4) is 0 Å². The zero-order chi connectivity index (χ0) is 27.7. The van der Waals surface area contributed by atoms with Crippen LogP contribution in [0, 0.1) is 17.7 Å². The van der Waals surface area contributed by atoms with Crippen LogP contribution in [0.2, 0.25) is 5.02 Å². The van der Waals surface area contributed by atoms with Crippen LogP contribution in [0.5, 0.6) is 5.75 Å². The number of ether oxygens (including phenoxy) is 2. The Morgan fingerprint density at radius 2 is 2.08 bits per heavy atom. The van der Waals surface area contributed by atoms with Gasteiger partial charge in [0.15, 0.2) is 5.71 Å². The van der Waals surface area contributed by atoms with E-state index in [1.807, 2.05) is 24.3 Å². The maximum atomic E-state index is 13.5. The molecule has 3 aromatic carbocycles. The van der Waals surface area contributed by atoms with Crippen molar-refractivity contribution in [2.75, 3.05) is 18.5 Å². The van der Waals surface area contributed by atoms with Crippen molar-refractivity contribution in [1.82, 2.24) is 9.97 Å². The largest absolute Gasteiger partial charge is 0.487 e. The van der Waals surface area contributed by atoms with E-state index in [-0.39, 0.29) is 18.5 Å². The number of fused-ring (bicyclic) bond motifs is 1. The van der Waals surface area contributed by atoms with E-state index in [2.05, 4.69) is 32.3 Å². The second-order valence-corrected chi connectivity index (χ2v) is 9.65. The fourth-order valence-corrected chi connectivity index (χ4v) is 4.55. The maximum absolute atomic E-state index is 13.5. The number of oxime groups is 1. The summed E-state index contributed by atoms with van der Waals surface area (Å²) in [5.41, 5.74) is 3.47. The number of nitrogens with one attached hydrogen (secondary N) is 1. The third kappa shape index (κ3) is 7.06. The third-order valence-corrected chi connectivity index (χ3v) is 6.62. The van der Waals surface area contributed by atoms with E-state index in [0.29, 0.717) is 40.2 Å². The van der Waals surface area contributed by atoms with Gasteiger partial charge in [-0.1, -0.05) is 34.8 Å².